The van der Waals surface area contributed by atoms with Crippen molar-refractivity contribution in [1.82, 2.24) is 4.98 Å². The van der Waals surface area contributed by atoms with Gasteiger partial charge in [0.1, 0.15) is 5.01 Å². The number of hydrogen-bond donors (Lipinski definition) is 0. The van der Waals surface area contributed by atoms with E-state index in [1.54, 1.807) is 6.92 Å². The monoisotopic (exact) mass is 145 g/mol. The molecule has 0 radical (unpaired) electrons. The minimum atomic E-state index is -0.823. The zero-order valence-electron chi connectivity index (χ0n) is 4.58. The van der Waals surface area contributed by atoms with E-state index >= 15 is 0 Å². The van der Waals surface area contributed by atoms with Crippen LogP contribution in [-0.2, 0) is 0 Å². The molecule has 0 spiro atoms. The Morgan fingerprint density at radius 2 is 2.22 bits per heavy atom. The van der Waals surface area contributed by atoms with E-state index in [1.165, 1.54) is 0 Å². The highest BCUT2D eigenvalue weighted by Crippen LogP contribution is 1.87. The van der Waals surface area contributed by atoms with Crippen molar-refractivity contribution in [2.24, 2.45) is 0 Å². The minimum absolute atomic E-state index is 0.427. The summed E-state index contributed by atoms with van der Waals surface area (Å²) < 4.78 is 4.05. The van der Waals surface area contributed by atoms with Crippen molar-refractivity contribution in [2.75, 3.05) is 0 Å². The fraction of sp³-hybridized carbons (Fsp3) is 0.250. The van der Waals surface area contributed by atoms with E-state index < -0.39 is 10.7 Å². The standard InChI is InChI=1S/C4H3NO3S/c1-2-5-3(6)8-4(7)9-2/h1H3. The summed E-state index contributed by atoms with van der Waals surface area (Å²) in [6.45, 7) is 1.57. The van der Waals surface area contributed by atoms with Gasteiger partial charge in [-0.3, -0.25) is 0 Å². The van der Waals surface area contributed by atoms with E-state index in [-0.39, 0.29) is 0 Å². The van der Waals surface area contributed by atoms with Gasteiger partial charge in [-0.1, -0.05) is 0 Å². The molecule has 0 saturated heterocycles. The van der Waals surface area contributed by atoms with Gasteiger partial charge in [0.25, 0.3) is 0 Å². The first-order valence-electron chi connectivity index (χ1n) is 2.17. The van der Waals surface area contributed by atoms with E-state index in [0.29, 0.717) is 5.01 Å². The van der Waals surface area contributed by atoms with Crippen LogP contribution in [0.3, 0.4) is 0 Å². The van der Waals surface area contributed by atoms with Crippen molar-refractivity contribution >= 4 is 11.3 Å². The Kier molecular flexibility index (Phi) is 1.44. The van der Waals surface area contributed by atoms with Crippen LogP contribution in [-0.4, -0.2) is 4.98 Å². The van der Waals surface area contributed by atoms with E-state index in [0.717, 1.165) is 11.3 Å². The molecule has 4 nitrogen and oxygen atoms in total. The summed E-state index contributed by atoms with van der Waals surface area (Å²) in [6.07, 6.45) is 0. The van der Waals surface area contributed by atoms with Gasteiger partial charge in [-0.2, -0.15) is 4.98 Å². The molecule has 0 aliphatic carbocycles. The third kappa shape index (κ3) is 1.46. The van der Waals surface area contributed by atoms with Gasteiger partial charge >= 0.3 is 10.7 Å². The molecule has 0 aliphatic rings. The first kappa shape index (κ1) is 6.15. The van der Waals surface area contributed by atoms with Crippen molar-refractivity contribution in [3.05, 3.63) is 25.3 Å². The molecule has 1 heterocycles. The summed E-state index contributed by atoms with van der Waals surface area (Å²) in [5, 5.41) is 0.427. The average Bonchev–Trinajstić information content (AvgIpc) is 1.59. The zero-order valence-corrected chi connectivity index (χ0v) is 5.40. The Labute approximate surface area is 53.8 Å². The fourth-order valence-electron chi connectivity index (χ4n) is 0.387. The lowest BCUT2D eigenvalue weighted by atomic mass is 10.8. The van der Waals surface area contributed by atoms with Crippen molar-refractivity contribution in [3.63, 3.8) is 0 Å². The smallest absolute Gasteiger partial charge is 0.363 e. The SMILES string of the molecule is Cc1nc(=O)oc(=O)s1. The highest BCUT2D eigenvalue weighted by Gasteiger charge is 1.92. The van der Waals surface area contributed by atoms with Crippen LogP contribution < -0.4 is 10.7 Å². The van der Waals surface area contributed by atoms with E-state index in [2.05, 4.69) is 9.40 Å². The number of nitrogens with zero attached hydrogens (tertiary/aromatic N) is 1. The molecule has 0 unspecified atom stereocenters. The van der Waals surface area contributed by atoms with Crippen LogP contribution >= 0.6 is 11.3 Å². The van der Waals surface area contributed by atoms with Gasteiger partial charge in [0.05, 0.1) is 0 Å². The molecule has 1 rings (SSSR count). The van der Waals surface area contributed by atoms with Crippen LogP contribution in [0.15, 0.2) is 14.0 Å². The lowest BCUT2D eigenvalue weighted by Crippen LogP contribution is -2.11. The topological polar surface area (TPSA) is 60.2 Å². The highest BCUT2D eigenvalue weighted by atomic mass is 32.1. The Bertz CT molecular complexity index is 284. The lowest BCUT2D eigenvalue weighted by Gasteiger charge is -1.79. The lowest BCUT2D eigenvalue weighted by molar-refractivity contribution is 0.465. The van der Waals surface area contributed by atoms with Crippen molar-refractivity contribution in [1.29, 1.82) is 0 Å². The normalized spacial score (nSPS) is 9.44. The summed E-state index contributed by atoms with van der Waals surface area (Å²) >= 11 is 0.813. The molecule has 0 saturated carbocycles. The second-order valence-corrected chi connectivity index (χ2v) is 2.48. The Morgan fingerprint density at radius 1 is 1.56 bits per heavy atom. The van der Waals surface area contributed by atoms with Gasteiger partial charge in [0, 0.05) is 0 Å². The Balaban J connectivity index is 3.52. The van der Waals surface area contributed by atoms with Gasteiger partial charge in [-0.15, -0.1) is 0 Å². The molecule has 0 aromatic carbocycles. The third-order valence-electron chi connectivity index (χ3n) is 0.650. The Morgan fingerprint density at radius 3 is 2.67 bits per heavy atom. The van der Waals surface area contributed by atoms with Crippen molar-refractivity contribution in [2.45, 2.75) is 6.92 Å². The molecule has 0 bridgehead atoms. The molecule has 9 heavy (non-hydrogen) atoms. The second kappa shape index (κ2) is 2.10. The molecule has 48 valence electrons. The van der Waals surface area contributed by atoms with Gasteiger partial charge in [0.15, 0.2) is 0 Å². The van der Waals surface area contributed by atoms with Crippen molar-refractivity contribution < 1.29 is 4.42 Å². The summed E-state index contributed by atoms with van der Waals surface area (Å²) in [5.74, 6) is -0.823. The summed E-state index contributed by atoms with van der Waals surface area (Å²) in [5.41, 5.74) is 0. The van der Waals surface area contributed by atoms with Crippen molar-refractivity contribution in [3.8, 4) is 0 Å². The molecule has 1 aromatic rings. The molecule has 0 amide bonds. The minimum Gasteiger partial charge on any atom is -0.363 e. The summed E-state index contributed by atoms with van der Waals surface area (Å²) in [7, 11) is 0. The number of aryl methyl sites for hydroxylation is 1. The average molecular weight is 145 g/mol. The van der Waals surface area contributed by atoms with Gasteiger partial charge in [-0.25, -0.2) is 9.59 Å². The second-order valence-electron chi connectivity index (χ2n) is 1.35. The van der Waals surface area contributed by atoms with Crippen LogP contribution in [0.4, 0.5) is 0 Å². The predicted octanol–water partition coefficient (Wildman–Crippen LogP) is -0.235. The number of aromatic nitrogens is 1. The largest absolute Gasteiger partial charge is 0.443 e. The van der Waals surface area contributed by atoms with Crippen LogP contribution in [0.5, 0.6) is 0 Å². The van der Waals surface area contributed by atoms with Gasteiger partial charge < -0.3 is 4.42 Å². The summed E-state index contributed by atoms with van der Waals surface area (Å²) in [6, 6.07) is 0. The third-order valence-corrected chi connectivity index (χ3v) is 1.29. The molecule has 0 atom stereocenters. The quantitative estimate of drug-likeness (QED) is 0.505. The van der Waals surface area contributed by atoms with Crippen LogP contribution in [0.1, 0.15) is 5.01 Å². The first-order valence-corrected chi connectivity index (χ1v) is 2.99. The van der Waals surface area contributed by atoms with E-state index in [9.17, 15) is 9.59 Å². The first-order chi connectivity index (χ1) is 4.18. The summed E-state index contributed by atoms with van der Waals surface area (Å²) in [4.78, 5) is 23.3. The van der Waals surface area contributed by atoms with Gasteiger partial charge in [-0.05, 0) is 18.3 Å². The van der Waals surface area contributed by atoms with E-state index in [4.69, 9.17) is 0 Å². The van der Waals surface area contributed by atoms with Gasteiger partial charge in [0.2, 0.25) is 0 Å². The maximum Gasteiger partial charge on any atom is 0.443 e. The number of hydrogen-bond acceptors (Lipinski definition) is 5. The predicted molar refractivity (Wildman–Crippen MR) is 31.7 cm³/mol. The zero-order chi connectivity index (χ0) is 6.85. The fourth-order valence-corrected chi connectivity index (χ4v) is 0.861. The van der Waals surface area contributed by atoms with E-state index in [1.807, 2.05) is 0 Å². The molecule has 0 fully saturated rings. The molecular weight excluding hydrogens is 142 g/mol. The Hall–Kier alpha value is -0.970. The van der Waals surface area contributed by atoms with Crippen LogP contribution in [0, 0.1) is 6.92 Å². The maximum atomic E-state index is 10.3. The molecular formula is C4H3NO3S. The highest BCUT2D eigenvalue weighted by molar-refractivity contribution is 7.08. The molecule has 0 N–H and O–H groups in total. The van der Waals surface area contributed by atoms with Crippen LogP contribution in [0.25, 0.3) is 0 Å². The number of rotatable bonds is 0. The molecule has 1 aromatic heterocycles. The molecule has 5 heteroatoms. The molecule has 0 aliphatic heterocycles. The van der Waals surface area contributed by atoms with Crippen LogP contribution in [0.2, 0.25) is 0 Å². The maximum absolute atomic E-state index is 10.3.